The van der Waals surface area contributed by atoms with Crippen LogP contribution in [-0.4, -0.2) is 42.6 Å². The molecular weight excluding hydrogens is 381 g/mol. The Balaban J connectivity index is 1.66. The number of halogens is 1. The molecule has 8 heteroatoms. The summed E-state index contributed by atoms with van der Waals surface area (Å²) in [5, 5.41) is 2.56. The molecule has 2 aromatic carbocycles. The molecule has 0 radical (unpaired) electrons. The number of carbonyl (C=O) groups is 1. The van der Waals surface area contributed by atoms with E-state index in [9.17, 15) is 17.6 Å². The van der Waals surface area contributed by atoms with Gasteiger partial charge in [-0.05, 0) is 43.5 Å². The molecule has 1 N–H and O–H groups in total. The molecule has 0 spiro atoms. The van der Waals surface area contributed by atoms with Gasteiger partial charge >= 0.3 is 0 Å². The van der Waals surface area contributed by atoms with Crippen LogP contribution in [0.5, 0.6) is 0 Å². The first-order chi connectivity index (χ1) is 13.3. The van der Waals surface area contributed by atoms with Crippen LogP contribution in [0, 0.1) is 19.7 Å². The van der Waals surface area contributed by atoms with Crippen molar-refractivity contribution in [3.05, 3.63) is 65.0 Å². The fraction of sp³-hybridized carbons (Fsp3) is 0.350. The Kier molecular flexibility index (Phi) is 6.12. The molecule has 1 aliphatic rings. The maximum absolute atomic E-state index is 13.6. The van der Waals surface area contributed by atoms with Crippen LogP contribution in [0.4, 0.5) is 10.1 Å². The number of rotatable bonds is 5. The van der Waals surface area contributed by atoms with Crippen molar-refractivity contribution in [2.45, 2.75) is 26.8 Å². The first kappa shape index (κ1) is 20.4. The topological polar surface area (TPSA) is 69.7 Å². The molecule has 1 amide bonds. The van der Waals surface area contributed by atoms with Gasteiger partial charge in [0, 0.05) is 25.3 Å². The third kappa shape index (κ3) is 4.76. The Bertz CT molecular complexity index is 961. The molecule has 1 heterocycles. The Labute approximate surface area is 165 Å². The van der Waals surface area contributed by atoms with Crippen LogP contribution in [0.25, 0.3) is 0 Å². The molecule has 150 valence electrons. The van der Waals surface area contributed by atoms with Crippen LogP contribution in [0.3, 0.4) is 0 Å². The van der Waals surface area contributed by atoms with Gasteiger partial charge in [0.15, 0.2) is 0 Å². The Hall–Kier alpha value is -2.29. The second kappa shape index (κ2) is 8.38. The molecule has 1 fully saturated rings. The Morgan fingerprint density at radius 3 is 2.43 bits per heavy atom. The zero-order valence-corrected chi connectivity index (χ0v) is 16.8. The molecular formula is C20H24FN3O3S. The quantitative estimate of drug-likeness (QED) is 0.832. The number of aryl methyl sites for hydroxylation is 2. The molecule has 6 nitrogen and oxygen atoms in total. The summed E-state index contributed by atoms with van der Waals surface area (Å²) < 4.78 is 42.0. The van der Waals surface area contributed by atoms with Gasteiger partial charge in [0.1, 0.15) is 5.82 Å². The van der Waals surface area contributed by atoms with Crippen LogP contribution in [0.15, 0.2) is 42.5 Å². The van der Waals surface area contributed by atoms with Crippen molar-refractivity contribution in [1.82, 2.24) is 8.61 Å². The zero-order valence-electron chi connectivity index (χ0n) is 16.0. The highest BCUT2D eigenvalue weighted by atomic mass is 32.2. The van der Waals surface area contributed by atoms with Crippen LogP contribution in [-0.2, 0) is 21.5 Å². The van der Waals surface area contributed by atoms with E-state index in [1.807, 2.05) is 31.2 Å². The van der Waals surface area contributed by atoms with E-state index in [1.165, 1.54) is 14.7 Å². The molecule has 2 aromatic rings. The fourth-order valence-electron chi connectivity index (χ4n) is 3.07. The van der Waals surface area contributed by atoms with Crippen LogP contribution in [0.1, 0.15) is 23.1 Å². The Morgan fingerprint density at radius 2 is 1.75 bits per heavy atom. The van der Waals surface area contributed by atoms with Crippen molar-refractivity contribution in [1.29, 1.82) is 0 Å². The predicted octanol–water partition coefficient (Wildman–Crippen LogP) is 2.83. The molecule has 0 aliphatic carbocycles. The number of nitrogens with one attached hydrogen (secondary N) is 1. The average Bonchev–Trinajstić information content (AvgIpc) is 2.63. The van der Waals surface area contributed by atoms with Crippen LogP contribution < -0.4 is 5.32 Å². The summed E-state index contributed by atoms with van der Waals surface area (Å²) in [6.45, 7) is 4.26. The van der Waals surface area contributed by atoms with E-state index in [0.717, 1.165) is 11.1 Å². The molecule has 1 aliphatic heterocycles. The van der Waals surface area contributed by atoms with Crippen LogP contribution >= 0.6 is 0 Å². The second-order valence-electron chi connectivity index (χ2n) is 7.03. The standard InChI is InChI=1S/C20H24FN3O3S/c1-15-4-7-17(8-5-15)13-23-10-3-11-24(28(23,26)27)14-20(25)22-18-9-6-16(2)19(21)12-18/h4-9,12H,3,10-11,13-14H2,1-2H3,(H,22,25). The lowest BCUT2D eigenvalue weighted by Gasteiger charge is -2.34. The second-order valence-corrected chi connectivity index (χ2v) is 8.95. The van der Waals surface area contributed by atoms with Crippen molar-refractivity contribution in [3.8, 4) is 0 Å². The largest absolute Gasteiger partial charge is 0.325 e. The van der Waals surface area contributed by atoms with Gasteiger partial charge in [-0.25, -0.2) is 4.39 Å². The monoisotopic (exact) mass is 405 g/mol. The van der Waals surface area contributed by atoms with E-state index in [2.05, 4.69) is 5.32 Å². The summed E-state index contributed by atoms with van der Waals surface area (Å²) in [6, 6.07) is 12.1. The molecule has 28 heavy (non-hydrogen) atoms. The molecule has 0 bridgehead atoms. The van der Waals surface area contributed by atoms with E-state index < -0.39 is 21.9 Å². The summed E-state index contributed by atoms with van der Waals surface area (Å²) in [4.78, 5) is 12.3. The van der Waals surface area contributed by atoms with Gasteiger partial charge in [-0.15, -0.1) is 0 Å². The first-order valence-corrected chi connectivity index (χ1v) is 10.5. The molecule has 0 saturated carbocycles. The minimum Gasteiger partial charge on any atom is -0.325 e. The van der Waals surface area contributed by atoms with Crippen molar-refractivity contribution < 1.29 is 17.6 Å². The van der Waals surface area contributed by atoms with Gasteiger partial charge < -0.3 is 5.32 Å². The van der Waals surface area contributed by atoms with E-state index in [0.29, 0.717) is 24.2 Å². The van der Waals surface area contributed by atoms with E-state index in [-0.39, 0.29) is 19.6 Å². The lowest BCUT2D eigenvalue weighted by Crippen LogP contribution is -2.51. The van der Waals surface area contributed by atoms with Gasteiger partial charge in [0.25, 0.3) is 10.2 Å². The predicted molar refractivity (Wildman–Crippen MR) is 106 cm³/mol. The highest BCUT2D eigenvalue weighted by molar-refractivity contribution is 7.86. The zero-order chi connectivity index (χ0) is 20.3. The maximum Gasteiger partial charge on any atom is 0.282 e. The summed E-state index contributed by atoms with van der Waals surface area (Å²) in [5.41, 5.74) is 2.79. The van der Waals surface area contributed by atoms with Gasteiger partial charge in [0.2, 0.25) is 5.91 Å². The normalized spacial score (nSPS) is 17.4. The third-order valence-electron chi connectivity index (χ3n) is 4.72. The molecule has 0 atom stereocenters. The number of benzene rings is 2. The third-order valence-corrected chi connectivity index (χ3v) is 6.65. The smallest absolute Gasteiger partial charge is 0.282 e. The summed E-state index contributed by atoms with van der Waals surface area (Å²) in [5.74, 6) is -0.920. The number of hydrogen-bond acceptors (Lipinski definition) is 3. The van der Waals surface area contributed by atoms with Crippen molar-refractivity contribution in [2.24, 2.45) is 0 Å². The highest BCUT2D eigenvalue weighted by Gasteiger charge is 2.34. The number of hydrogen-bond donors (Lipinski definition) is 1. The fourth-order valence-corrected chi connectivity index (χ4v) is 4.71. The van der Waals surface area contributed by atoms with Gasteiger partial charge in [-0.3, -0.25) is 4.79 Å². The minimum atomic E-state index is -3.74. The molecule has 1 saturated heterocycles. The molecule has 3 rings (SSSR count). The minimum absolute atomic E-state index is 0.268. The summed E-state index contributed by atoms with van der Waals surface area (Å²) in [6.07, 6.45) is 0.636. The highest BCUT2D eigenvalue weighted by Crippen LogP contribution is 2.20. The van der Waals surface area contributed by atoms with E-state index in [4.69, 9.17) is 0 Å². The van der Waals surface area contributed by atoms with E-state index in [1.54, 1.807) is 19.1 Å². The molecule has 0 aromatic heterocycles. The number of anilines is 1. The van der Waals surface area contributed by atoms with Crippen molar-refractivity contribution >= 4 is 21.8 Å². The lowest BCUT2D eigenvalue weighted by molar-refractivity contribution is -0.116. The SMILES string of the molecule is Cc1ccc(CN2CCCN(CC(=O)Nc3ccc(C)c(F)c3)S2(=O)=O)cc1. The lowest BCUT2D eigenvalue weighted by atomic mass is 10.1. The average molecular weight is 405 g/mol. The summed E-state index contributed by atoms with van der Waals surface area (Å²) >= 11 is 0. The summed E-state index contributed by atoms with van der Waals surface area (Å²) in [7, 11) is -3.74. The maximum atomic E-state index is 13.6. The number of amides is 1. The first-order valence-electron chi connectivity index (χ1n) is 9.12. The van der Waals surface area contributed by atoms with Gasteiger partial charge in [-0.1, -0.05) is 35.9 Å². The van der Waals surface area contributed by atoms with Gasteiger partial charge in [0.05, 0.1) is 6.54 Å². The van der Waals surface area contributed by atoms with Crippen LogP contribution in [0.2, 0.25) is 0 Å². The number of carbonyl (C=O) groups excluding carboxylic acids is 1. The van der Waals surface area contributed by atoms with Crippen molar-refractivity contribution in [3.63, 3.8) is 0 Å². The van der Waals surface area contributed by atoms with Gasteiger partial charge in [-0.2, -0.15) is 17.0 Å². The molecule has 0 unspecified atom stereocenters. The Morgan fingerprint density at radius 1 is 1.07 bits per heavy atom. The number of nitrogens with zero attached hydrogens (tertiary/aromatic N) is 2. The van der Waals surface area contributed by atoms with E-state index >= 15 is 0 Å². The van der Waals surface area contributed by atoms with Crippen molar-refractivity contribution in [2.75, 3.05) is 25.0 Å².